The number of rotatable bonds is 4. The molecule has 30 heavy (non-hydrogen) atoms. The van der Waals surface area contributed by atoms with Gasteiger partial charge in [-0.1, -0.05) is 0 Å². The first kappa shape index (κ1) is 20.9. The van der Waals surface area contributed by atoms with Gasteiger partial charge in [0.25, 0.3) is 0 Å². The highest BCUT2D eigenvalue weighted by Crippen LogP contribution is 2.34. The van der Waals surface area contributed by atoms with Crippen LogP contribution in [0.1, 0.15) is 32.6 Å². The average molecular weight is 439 g/mol. The van der Waals surface area contributed by atoms with Crippen molar-refractivity contribution >= 4 is 22.0 Å². The predicted octanol–water partition coefficient (Wildman–Crippen LogP) is 1.50. The van der Waals surface area contributed by atoms with Crippen molar-refractivity contribution in [1.82, 2.24) is 4.31 Å². The van der Waals surface area contributed by atoms with E-state index >= 15 is 0 Å². The third-order valence-corrected chi connectivity index (χ3v) is 7.42. The number of esters is 2. The molecule has 1 aromatic rings. The number of carbonyl (C=O) groups excluding carboxylic acids is 2. The molecule has 2 saturated heterocycles. The number of benzene rings is 1. The van der Waals surface area contributed by atoms with E-state index in [4.69, 9.17) is 18.9 Å². The van der Waals surface area contributed by atoms with Gasteiger partial charge in [0.1, 0.15) is 6.10 Å². The summed E-state index contributed by atoms with van der Waals surface area (Å²) in [6.45, 7) is 3.14. The fourth-order valence-corrected chi connectivity index (χ4v) is 5.32. The van der Waals surface area contributed by atoms with Crippen LogP contribution in [0.4, 0.5) is 0 Å². The van der Waals surface area contributed by atoms with E-state index in [1.165, 1.54) is 16.4 Å². The van der Waals surface area contributed by atoms with Gasteiger partial charge in [-0.25, -0.2) is 13.2 Å². The standard InChI is InChI=1S/C20H25NO8S/c1-13-11-18(20(23)28-13)29-19(22)14-5-7-21(8-6-14)30(24,25)15-3-4-16-17(12-15)27-10-2-9-26-16/h3-4,12-14,18H,2,5-11H2,1H3/t13-,18-/m1/s1. The van der Waals surface area contributed by atoms with Crippen LogP contribution in [0.15, 0.2) is 23.1 Å². The first-order chi connectivity index (χ1) is 14.3. The number of hydrogen-bond donors (Lipinski definition) is 0. The highest BCUT2D eigenvalue weighted by molar-refractivity contribution is 7.89. The first-order valence-corrected chi connectivity index (χ1v) is 11.6. The molecule has 0 amide bonds. The van der Waals surface area contributed by atoms with Crippen LogP contribution in [-0.4, -0.2) is 63.2 Å². The smallest absolute Gasteiger partial charge is 0.347 e. The maximum atomic E-state index is 13.0. The molecule has 3 aliphatic heterocycles. The lowest BCUT2D eigenvalue weighted by Crippen LogP contribution is -2.41. The largest absolute Gasteiger partial charge is 0.490 e. The van der Waals surface area contributed by atoms with Crippen LogP contribution in [0.3, 0.4) is 0 Å². The van der Waals surface area contributed by atoms with Crippen LogP contribution < -0.4 is 9.47 Å². The number of carbonyl (C=O) groups is 2. The number of sulfonamides is 1. The molecule has 2 fully saturated rings. The second-order valence-electron chi connectivity index (χ2n) is 7.75. The summed E-state index contributed by atoms with van der Waals surface area (Å²) >= 11 is 0. The summed E-state index contributed by atoms with van der Waals surface area (Å²) in [4.78, 5) is 24.2. The van der Waals surface area contributed by atoms with Crippen molar-refractivity contribution in [3.05, 3.63) is 18.2 Å². The molecule has 0 bridgehead atoms. The Hall–Kier alpha value is -2.33. The molecule has 0 aliphatic carbocycles. The van der Waals surface area contributed by atoms with E-state index in [0.717, 1.165) is 6.42 Å². The van der Waals surface area contributed by atoms with Gasteiger partial charge >= 0.3 is 11.9 Å². The number of piperidine rings is 1. The van der Waals surface area contributed by atoms with Crippen molar-refractivity contribution < 1.29 is 37.0 Å². The lowest BCUT2D eigenvalue weighted by molar-refractivity contribution is -0.164. The van der Waals surface area contributed by atoms with Gasteiger partial charge in [0.15, 0.2) is 11.5 Å². The Morgan fingerprint density at radius 2 is 1.83 bits per heavy atom. The molecule has 0 N–H and O–H groups in total. The number of ether oxygens (including phenoxy) is 4. The van der Waals surface area contributed by atoms with Crippen molar-refractivity contribution in [1.29, 1.82) is 0 Å². The Balaban J connectivity index is 1.38. The van der Waals surface area contributed by atoms with E-state index in [9.17, 15) is 18.0 Å². The van der Waals surface area contributed by atoms with Gasteiger partial charge in [-0.15, -0.1) is 0 Å². The molecule has 0 aromatic heterocycles. The molecule has 4 rings (SSSR count). The maximum Gasteiger partial charge on any atom is 0.347 e. The minimum absolute atomic E-state index is 0.135. The summed E-state index contributed by atoms with van der Waals surface area (Å²) in [5.41, 5.74) is 0. The van der Waals surface area contributed by atoms with Crippen molar-refractivity contribution in [2.45, 2.75) is 49.7 Å². The van der Waals surface area contributed by atoms with Crippen LogP contribution in [0.5, 0.6) is 11.5 Å². The second kappa shape index (κ2) is 8.43. The number of fused-ring (bicyclic) bond motifs is 1. The Morgan fingerprint density at radius 3 is 2.50 bits per heavy atom. The summed E-state index contributed by atoms with van der Waals surface area (Å²) < 4.78 is 48.9. The number of cyclic esters (lactones) is 1. The summed E-state index contributed by atoms with van der Waals surface area (Å²) in [6, 6.07) is 4.61. The number of nitrogens with zero attached hydrogens (tertiary/aromatic N) is 1. The highest BCUT2D eigenvalue weighted by atomic mass is 32.2. The van der Waals surface area contributed by atoms with Crippen molar-refractivity contribution in [2.24, 2.45) is 5.92 Å². The van der Waals surface area contributed by atoms with Gasteiger partial charge in [-0.2, -0.15) is 4.31 Å². The molecule has 0 unspecified atom stereocenters. The molecule has 3 aliphatic rings. The second-order valence-corrected chi connectivity index (χ2v) is 9.68. The average Bonchev–Trinajstić information content (AvgIpc) is 2.92. The van der Waals surface area contributed by atoms with Crippen LogP contribution in [0.25, 0.3) is 0 Å². The third kappa shape index (κ3) is 4.24. The lowest BCUT2D eigenvalue weighted by Gasteiger charge is -2.30. The van der Waals surface area contributed by atoms with E-state index in [-0.39, 0.29) is 24.1 Å². The fourth-order valence-electron chi connectivity index (χ4n) is 3.84. The van der Waals surface area contributed by atoms with Gasteiger partial charge in [-0.3, -0.25) is 4.79 Å². The van der Waals surface area contributed by atoms with E-state index in [2.05, 4.69) is 0 Å². The van der Waals surface area contributed by atoms with Gasteiger partial charge in [0, 0.05) is 32.0 Å². The lowest BCUT2D eigenvalue weighted by atomic mass is 9.98. The quantitative estimate of drug-likeness (QED) is 0.650. The highest BCUT2D eigenvalue weighted by Gasteiger charge is 2.38. The predicted molar refractivity (Wildman–Crippen MR) is 104 cm³/mol. The molecule has 2 atom stereocenters. The Bertz CT molecular complexity index is 923. The van der Waals surface area contributed by atoms with E-state index in [1.54, 1.807) is 13.0 Å². The van der Waals surface area contributed by atoms with Crippen molar-refractivity contribution in [3.63, 3.8) is 0 Å². The minimum atomic E-state index is -3.72. The van der Waals surface area contributed by atoms with Gasteiger partial charge in [0.05, 0.1) is 24.0 Å². The van der Waals surface area contributed by atoms with Crippen LogP contribution in [-0.2, 0) is 29.1 Å². The van der Waals surface area contributed by atoms with Crippen molar-refractivity contribution in [2.75, 3.05) is 26.3 Å². The summed E-state index contributed by atoms with van der Waals surface area (Å²) in [5, 5.41) is 0. The van der Waals surface area contributed by atoms with Crippen LogP contribution in [0, 0.1) is 5.92 Å². The van der Waals surface area contributed by atoms with Gasteiger partial charge < -0.3 is 18.9 Å². The van der Waals surface area contributed by atoms with Crippen LogP contribution in [0.2, 0.25) is 0 Å². The zero-order valence-electron chi connectivity index (χ0n) is 16.7. The maximum absolute atomic E-state index is 13.0. The summed E-state index contributed by atoms with van der Waals surface area (Å²) in [6.07, 6.45) is 0.619. The Morgan fingerprint density at radius 1 is 1.13 bits per heavy atom. The SMILES string of the molecule is C[C@@H]1C[C@@H](OC(=O)C2CCN(S(=O)(=O)c3ccc4c(c3)OCCCO4)CC2)C(=O)O1. The fraction of sp³-hybridized carbons (Fsp3) is 0.600. The van der Waals surface area contributed by atoms with Gasteiger partial charge in [-0.05, 0) is 31.9 Å². The molecule has 10 heteroatoms. The van der Waals surface area contributed by atoms with E-state index in [0.29, 0.717) is 44.0 Å². The third-order valence-electron chi connectivity index (χ3n) is 5.53. The van der Waals surface area contributed by atoms with Crippen LogP contribution >= 0.6 is 0 Å². The van der Waals surface area contributed by atoms with E-state index < -0.39 is 34.0 Å². The van der Waals surface area contributed by atoms with Crippen molar-refractivity contribution in [3.8, 4) is 11.5 Å². The molecular weight excluding hydrogens is 414 g/mol. The van der Waals surface area contributed by atoms with E-state index in [1.807, 2.05) is 0 Å². The number of hydrogen-bond acceptors (Lipinski definition) is 8. The molecule has 3 heterocycles. The summed E-state index contributed by atoms with van der Waals surface area (Å²) in [5.74, 6) is -0.481. The van der Waals surface area contributed by atoms with Gasteiger partial charge in [0.2, 0.25) is 16.1 Å². The molecule has 1 aromatic carbocycles. The molecule has 0 saturated carbocycles. The molecular formula is C20H25NO8S. The molecule has 9 nitrogen and oxygen atoms in total. The Labute approximate surface area is 175 Å². The monoisotopic (exact) mass is 439 g/mol. The first-order valence-electron chi connectivity index (χ1n) is 10.2. The molecule has 0 radical (unpaired) electrons. The molecule has 164 valence electrons. The topological polar surface area (TPSA) is 108 Å². The zero-order valence-corrected chi connectivity index (χ0v) is 17.6. The normalized spacial score (nSPS) is 25.4. The minimum Gasteiger partial charge on any atom is -0.490 e. The zero-order chi connectivity index (χ0) is 21.3. The Kier molecular flexibility index (Phi) is 5.88. The molecule has 0 spiro atoms. The summed E-state index contributed by atoms with van der Waals surface area (Å²) in [7, 11) is -3.72.